The van der Waals surface area contributed by atoms with Gasteiger partial charge in [-0.05, 0) is 89.8 Å². The molecule has 1 saturated carbocycles. The summed E-state index contributed by atoms with van der Waals surface area (Å²) in [5, 5.41) is 0. The Hall–Kier alpha value is -0.0800. The molecule has 2 nitrogen and oxygen atoms in total. The number of hydrogen-bond donors (Lipinski definition) is 0. The van der Waals surface area contributed by atoms with Crippen LogP contribution in [0.2, 0.25) is 0 Å². The lowest BCUT2D eigenvalue weighted by Gasteiger charge is -2.52. The SMILES string of the molecule is CC.CCCN1CCC2(CC1)CC(CCCOC(C)C)C2. The van der Waals surface area contributed by atoms with Gasteiger partial charge in [0, 0.05) is 6.61 Å². The summed E-state index contributed by atoms with van der Waals surface area (Å²) in [7, 11) is 0. The van der Waals surface area contributed by atoms with E-state index < -0.39 is 0 Å². The molecule has 0 unspecified atom stereocenters. The molecule has 1 heterocycles. The Labute approximate surface area is 133 Å². The van der Waals surface area contributed by atoms with Crippen molar-refractivity contribution in [3.63, 3.8) is 0 Å². The molecule has 0 amide bonds. The zero-order valence-electron chi connectivity index (χ0n) is 15.3. The fourth-order valence-electron chi connectivity index (χ4n) is 4.04. The summed E-state index contributed by atoms with van der Waals surface area (Å²) in [4.78, 5) is 2.66. The van der Waals surface area contributed by atoms with E-state index in [1.54, 1.807) is 0 Å². The number of ether oxygens (including phenoxy) is 1. The Morgan fingerprint density at radius 3 is 2.29 bits per heavy atom. The molecule has 1 spiro atoms. The van der Waals surface area contributed by atoms with Gasteiger partial charge in [0.2, 0.25) is 0 Å². The van der Waals surface area contributed by atoms with Crippen LogP contribution in [0.1, 0.15) is 79.6 Å². The van der Waals surface area contributed by atoms with Crippen molar-refractivity contribution in [2.24, 2.45) is 11.3 Å². The van der Waals surface area contributed by atoms with Crippen LogP contribution in [0.3, 0.4) is 0 Å². The second kappa shape index (κ2) is 9.84. The predicted octanol–water partition coefficient (Wildman–Crippen LogP) is 5.12. The van der Waals surface area contributed by atoms with Crippen LogP contribution in [-0.2, 0) is 4.74 Å². The molecule has 2 fully saturated rings. The molecule has 0 N–H and O–H groups in total. The second-order valence-electron chi connectivity index (χ2n) is 7.18. The van der Waals surface area contributed by atoms with Gasteiger partial charge >= 0.3 is 0 Å². The molecule has 21 heavy (non-hydrogen) atoms. The van der Waals surface area contributed by atoms with Gasteiger partial charge in [0.1, 0.15) is 0 Å². The van der Waals surface area contributed by atoms with Gasteiger partial charge in [-0.3, -0.25) is 0 Å². The van der Waals surface area contributed by atoms with Gasteiger partial charge in [-0.1, -0.05) is 20.8 Å². The Bertz CT molecular complexity index is 248. The van der Waals surface area contributed by atoms with Gasteiger partial charge in [-0.15, -0.1) is 0 Å². The Morgan fingerprint density at radius 2 is 1.76 bits per heavy atom. The lowest BCUT2D eigenvalue weighted by molar-refractivity contribution is -0.0208. The van der Waals surface area contributed by atoms with Gasteiger partial charge in [-0.25, -0.2) is 0 Å². The molecule has 1 aliphatic heterocycles. The van der Waals surface area contributed by atoms with Crippen molar-refractivity contribution in [1.29, 1.82) is 0 Å². The maximum Gasteiger partial charge on any atom is 0.0518 e. The average Bonchev–Trinajstić information content (AvgIpc) is 2.45. The van der Waals surface area contributed by atoms with E-state index in [9.17, 15) is 0 Å². The van der Waals surface area contributed by atoms with Crippen LogP contribution < -0.4 is 0 Å². The maximum absolute atomic E-state index is 5.63. The Balaban J connectivity index is 0.00000106. The van der Waals surface area contributed by atoms with Gasteiger partial charge in [-0.2, -0.15) is 0 Å². The van der Waals surface area contributed by atoms with E-state index in [0.717, 1.165) is 17.9 Å². The van der Waals surface area contributed by atoms with E-state index in [1.165, 1.54) is 64.6 Å². The van der Waals surface area contributed by atoms with E-state index in [1.807, 2.05) is 13.8 Å². The highest BCUT2D eigenvalue weighted by molar-refractivity contribution is 4.96. The third-order valence-electron chi connectivity index (χ3n) is 5.11. The fourth-order valence-corrected chi connectivity index (χ4v) is 4.04. The monoisotopic (exact) mass is 297 g/mol. The normalized spacial score (nSPS) is 22.0. The molecule has 2 rings (SSSR count). The first-order valence-electron chi connectivity index (χ1n) is 9.47. The van der Waals surface area contributed by atoms with E-state index in [-0.39, 0.29) is 0 Å². The summed E-state index contributed by atoms with van der Waals surface area (Å²) >= 11 is 0. The number of piperidine rings is 1. The van der Waals surface area contributed by atoms with Crippen LogP contribution in [0.25, 0.3) is 0 Å². The molecule has 0 aromatic carbocycles. The Kier molecular flexibility index (Phi) is 8.89. The van der Waals surface area contributed by atoms with E-state index in [2.05, 4.69) is 25.7 Å². The van der Waals surface area contributed by atoms with Crippen LogP contribution in [0.5, 0.6) is 0 Å². The minimum atomic E-state index is 0.399. The maximum atomic E-state index is 5.63. The lowest BCUT2D eigenvalue weighted by atomic mass is 9.56. The standard InChI is InChI=1S/C17H33NO.C2H6/c1-4-9-18-10-7-17(8-11-18)13-16(14-17)6-5-12-19-15(2)3;1-2/h15-16H,4-14H2,1-3H3;1-2H3. The molecule has 0 radical (unpaired) electrons. The summed E-state index contributed by atoms with van der Waals surface area (Å²) in [6, 6.07) is 0. The quantitative estimate of drug-likeness (QED) is 0.605. The molecule has 2 aliphatic rings. The third kappa shape index (κ3) is 6.28. The molecular weight excluding hydrogens is 258 g/mol. The van der Waals surface area contributed by atoms with Gasteiger partial charge < -0.3 is 9.64 Å². The topological polar surface area (TPSA) is 12.5 Å². The Morgan fingerprint density at radius 1 is 1.14 bits per heavy atom. The fraction of sp³-hybridized carbons (Fsp3) is 1.00. The van der Waals surface area contributed by atoms with Crippen LogP contribution in [-0.4, -0.2) is 37.2 Å². The highest BCUT2D eigenvalue weighted by Gasteiger charge is 2.44. The highest BCUT2D eigenvalue weighted by atomic mass is 16.5. The van der Waals surface area contributed by atoms with E-state index >= 15 is 0 Å². The smallest absolute Gasteiger partial charge is 0.0518 e. The molecule has 0 bridgehead atoms. The van der Waals surface area contributed by atoms with Crippen LogP contribution in [0.4, 0.5) is 0 Å². The third-order valence-corrected chi connectivity index (χ3v) is 5.11. The second-order valence-corrected chi connectivity index (χ2v) is 7.18. The molecule has 1 saturated heterocycles. The highest BCUT2D eigenvalue weighted by Crippen LogP contribution is 2.53. The van der Waals surface area contributed by atoms with Crippen LogP contribution in [0.15, 0.2) is 0 Å². The lowest BCUT2D eigenvalue weighted by Crippen LogP contribution is -2.47. The summed E-state index contributed by atoms with van der Waals surface area (Å²) < 4.78 is 5.63. The van der Waals surface area contributed by atoms with Gasteiger partial charge in [0.25, 0.3) is 0 Å². The number of hydrogen-bond acceptors (Lipinski definition) is 2. The predicted molar refractivity (Wildman–Crippen MR) is 92.8 cm³/mol. The van der Waals surface area contributed by atoms with E-state index in [0.29, 0.717) is 6.10 Å². The largest absolute Gasteiger partial charge is 0.379 e. The zero-order valence-corrected chi connectivity index (χ0v) is 15.3. The number of rotatable bonds is 7. The molecular formula is C19H39NO. The van der Waals surface area contributed by atoms with Crippen LogP contribution >= 0.6 is 0 Å². The van der Waals surface area contributed by atoms with Crippen LogP contribution in [0, 0.1) is 11.3 Å². The van der Waals surface area contributed by atoms with E-state index in [4.69, 9.17) is 4.74 Å². The van der Waals surface area contributed by atoms with Crippen molar-refractivity contribution in [3.05, 3.63) is 0 Å². The minimum Gasteiger partial charge on any atom is -0.379 e. The van der Waals surface area contributed by atoms with Crippen molar-refractivity contribution in [1.82, 2.24) is 4.90 Å². The summed E-state index contributed by atoms with van der Waals surface area (Å²) in [5.41, 5.74) is 0.758. The van der Waals surface area contributed by atoms with Crippen molar-refractivity contribution in [3.8, 4) is 0 Å². The van der Waals surface area contributed by atoms with Gasteiger partial charge in [0.15, 0.2) is 0 Å². The first-order chi connectivity index (χ1) is 10.1. The van der Waals surface area contributed by atoms with Crippen molar-refractivity contribution >= 4 is 0 Å². The number of nitrogens with zero attached hydrogens (tertiary/aromatic N) is 1. The molecule has 126 valence electrons. The van der Waals surface area contributed by atoms with Crippen molar-refractivity contribution in [2.45, 2.75) is 85.7 Å². The summed E-state index contributed by atoms with van der Waals surface area (Å²) in [6.45, 7) is 15.5. The minimum absolute atomic E-state index is 0.399. The molecule has 0 aromatic heterocycles. The van der Waals surface area contributed by atoms with Crippen molar-refractivity contribution in [2.75, 3.05) is 26.2 Å². The summed E-state index contributed by atoms with van der Waals surface area (Å²) in [5.74, 6) is 1.01. The summed E-state index contributed by atoms with van der Waals surface area (Å²) in [6.07, 6.45) is 10.3. The first-order valence-corrected chi connectivity index (χ1v) is 9.47. The zero-order chi connectivity index (χ0) is 15.7. The molecule has 1 aliphatic carbocycles. The average molecular weight is 298 g/mol. The number of likely N-dealkylation sites (tertiary alicyclic amines) is 1. The molecule has 0 aromatic rings. The van der Waals surface area contributed by atoms with Crippen molar-refractivity contribution < 1.29 is 4.74 Å². The first kappa shape index (κ1) is 19.0. The molecule has 0 atom stereocenters. The van der Waals surface area contributed by atoms with Gasteiger partial charge in [0.05, 0.1) is 6.10 Å². The molecule has 2 heteroatoms.